The molecule has 1 aromatic heterocycles. The van der Waals surface area contributed by atoms with Gasteiger partial charge in [-0.15, -0.1) is 0 Å². The van der Waals surface area contributed by atoms with Crippen LogP contribution in [0, 0.1) is 0 Å². The zero-order chi connectivity index (χ0) is 23.2. The van der Waals surface area contributed by atoms with Crippen LogP contribution in [0.25, 0.3) is 11.0 Å². The Morgan fingerprint density at radius 1 is 1.21 bits per heavy atom. The summed E-state index contributed by atoms with van der Waals surface area (Å²) in [4.78, 5) is 4.61. The van der Waals surface area contributed by atoms with Crippen molar-refractivity contribution in [2.24, 2.45) is 0 Å². The predicted molar refractivity (Wildman–Crippen MR) is 137 cm³/mol. The molecule has 0 saturated carbocycles. The minimum Gasteiger partial charge on any atom is -0.495 e. The van der Waals surface area contributed by atoms with E-state index >= 15 is 0 Å². The summed E-state index contributed by atoms with van der Waals surface area (Å²) in [6.45, 7) is 7.44. The van der Waals surface area contributed by atoms with E-state index in [2.05, 4.69) is 34.2 Å². The van der Waals surface area contributed by atoms with Gasteiger partial charge in [0.15, 0.2) is 5.11 Å². The summed E-state index contributed by atoms with van der Waals surface area (Å²) in [7, 11) is 1.63. The first-order valence-electron chi connectivity index (χ1n) is 11.2. The molecule has 2 aromatic carbocycles. The summed E-state index contributed by atoms with van der Waals surface area (Å²) in [5.41, 5.74) is 1.62. The zero-order valence-electron chi connectivity index (χ0n) is 19.1. The molecule has 0 radical (unpaired) electrons. The maximum Gasteiger partial charge on any atom is 0.174 e. The molecule has 1 saturated heterocycles. The number of anilines is 1. The lowest BCUT2D eigenvalue weighted by Crippen LogP contribution is -2.41. The maximum absolute atomic E-state index is 6.23. The van der Waals surface area contributed by atoms with Crippen molar-refractivity contribution in [1.82, 2.24) is 9.80 Å². The van der Waals surface area contributed by atoms with Gasteiger partial charge < -0.3 is 24.1 Å². The average Bonchev–Trinajstić information content (AvgIpc) is 3.27. The molecule has 1 atom stereocenters. The fourth-order valence-electron chi connectivity index (χ4n) is 4.09. The SMILES string of the molecule is COc1ccc(Cl)cc1NC(=S)N(CCCN1CCOCC1)[C@@H](C)c1cc2ccccc2o1. The first kappa shape index (κ1) is 23.8. The summed E-state index contributed by atoms with van der Waals surface area (Å²) in [5.74, 6) is 1.57. The van der Waals surface area contributed by atoms with Crippen LogP contribution in [-0.2, 0) is 4.74 Å². The average molecular weight is 488 g/mol. The molecule has 8 heteroatoms. The molecular formula is C25H30ClN3O3S. The summed E-state index contributed by atoms with van der Waals surface area (Å²) in [6, 6.07) is 15.5. The van der Waals surface area contributed by atoms with E-state index < -0.39 is 0 Å². The standard InChI is InChI=1S/C25H30ClN3O3S/c1-18(24-16-19-6-3-4-7-22(19)32-24)29(11-5-10-28-12-14-31-15-13-28)25(33)27-21-17-20(26)8-9-23(21)30-2/h3-4,6-9,16-18H,5,10-15H2,1-2H3,(H,27,33)/t18-/m0/s1. The Morgan fingerprint density at radius 2 is 2.00 bits per heavy atom. The molecule has 1 fully saturated rings. The van der Waals surface area contributed by atoms with Crippen LogP contribution in [0.3, 0.4) is 0 Å². The van der Waals surface area contributed by atoms with Gasteiger partial charge in [-0.25, -0.2) is 0 Å². The molecule has 33 heavy (non-hydrogen) atoms. The fourth-order valence-corrected chi connectivity index (χ4v) is 4.62. The summed E-state index contributed by atoms with van der Waals surface area (Å²) >= 11 is 12.1. The molecule has 0 amide bonds. The van der Waals surface area contributed by atoms with Gasteiger partial charge in [0.05, 0.1) is 32.1 Å². The Balaban J connectivity index is 1.53. The van der Waals surface area contributed by atoms with E-state index in [1.165, 1.54) is 0 Å². The second kappa shape index (κ2) is 11.2. The van der Waals surface area contributed by atoms with E-state index in [1.54, 1.807) is 13.2 Å². The Hall–Kier alpha value is -2.32. The third-order valence-electron chi connectivity index (χ3n) is 5.96. The van der Waals surface area contributed by atoms with Gasteiger partial charge in [0.1, 0.15) is 17.1 Å². The predicted octanol–water partition coefficient (Wildman–Crippen LogP) is 5.58. The van der Waals surface area contributed by atoms with Gasteiger partial charge in [0.25, 0.3) is 0 Å². The van der Waals surface area contributed by atoms with Gasteiger partial charge in [-0.2, -0.15) is 0 Å². The largest absolute Gasteiger partial charge is 0.495 e. The number of benzene rings is 2. The highest BCUT2D eigenvalue weighted by atomic mass is 35.5. The lowest BCUT2D eigenvalue weighted by Gasteiger charge is -2.32. The Kier molecular flexibility index (Phi) is 8.09. The molecule has 6 nitrogen and oxygen atoms in total. The number of halogens is 1. The highest BCUT2D eigenvalue weighted by molar-refractivity contribution is 7.80. The van der Waals surface area contributed by atoms with E-state index in [-0.39, 0.29) is 6.04 Å². The monoisotopic (exact) mass is 487 g/mol. The van der Waals surface area contributed by atoms with E-state index in [0.717, 1.165) is 68.2 Å². The molecule has 3 aromatic rings. The highest BCUT2D eigenvalue weighted by Gasteiger charge is 2.23. The number of hydrogen-bond donors (Lipinski definition) is 1. The number of hydrogen-bond acceptors (Lipinski definition) is 5. The molecule has 4 rings (SSSR count). The number of rotatable bonds is 8. The van der Waals surface area contributed by atoms with Gasteiger partial charge >= 0.3 is 0 Å². The summed E-state index contributed by atoms with van der Waals surface area (Å²) < 4.78 is 17.1. The molecule has 0 spiro atoms. The molecule has 0 unspecified atom stereocenters. The van der Waals surface area contributed by atoms with E-state index in [0.29, 0.717) is 15.9 Å². The van der Waals surface area contributed by atoms with Crippen LogP contribution in [0.1, 0.15) is 25.1 Å². The van der Waals surface area contributed by atoms with Gasteiger partial charge in [0.2, 0.25) is 0 Å². The fraction of sp³-hybridized carbons (Fsp3) is 0.400. The van der Waals surface area contributed by atoms with Crippen molar-refractivity contribution in [3.05, 3.63) is 59.3 Å². The molecule has 1 aliphatic rings. The third kappa shape index (κ3) is 5.98. The van der Waals surface area contributed by atoms with Crippen LogP contribution in [-0.4, -0.2) is 61.4 Å². The molecule has 0 aliphatic carbocycles. The topological polar surface area (TPSA) is 50.1 Å². The molecular weight excluding hydrogens is 458 g/mol. The van der Waals surface area contributed by atoms with Crippen molar-refractivity contribution < 1.29 is 13.9 Å². The minimum absolute atomic E-state index is 0.0488. The molecule has 176 valence electrons. The summed E-state index contributed by atoms with van der Waals surface area (Å²) in [6.07, 6.45) is 0.971. The maximum atomic E-state index is 6.23. The lowest BCUT2D eigenvalue weighted by molar-refractivity contribution is 0.0365. The van der Waals surface area contributed by atoms with Crippen molar-refractivity contribution >= 4 is 45.6 Å². The Labute approximate surface area is 205 Å². The van der Waals surface area contributed by atoms with Crippen LogP contribution in [0.4, 0.5) is 5.69 Å². The smallest absolute Gasteiger partial charge is 0.174 e. The van der Waals surface area contributed by atoms with Crippen molar-refractivity contribution in [3.8, 4) is 5.75 Å². The van der Waals surface area contributed by atoms with Crippen LogP contribution >= 0.6 is 23.8 Å². The van der Waals surface area contributed by atoms with Gasteiger partial charge in [0, 0.05) is 36.6 Å². The molecule has 0 bridgehead atoms. The third-order valence-corrected chi connectivity index (χ3v) is 6.54. The zero-order valence-corrected chi connectivity index (χ0v) is 20.6. The van der Waals surface area contributed by atoms with Crippen molar-refractivity contribution in [3.63, 3.8) is 0 Å². The van der Waals surface area contributed by atoms with Crippen molar-refractivity contribution in [1.29, 1.82) is 0 Å². The van der Waals surface area contributed by atoms with Gasteiger partial charge in [-0.05, 0) is 55.9 Å². The van der Waals surface area contributed by atoms with Crippen molar-refractivity contribution in [2.45, 2.75) is 19.4 Å². The number of furan rings is 1. The summed E-state index contributed by atoms with van der Waals surface area (Å²) in [5, 5.41) is 5.65. The number of nitrogens with zero attached hydrogens (tertiary/aromatic N) is 2. The molecule has 1 N–H and O–H groups in total. The van der Waals surface area contributed by atoms with Crippen LogP contribution in [0.2, 0.25) is 5.02 Å². The number of nitrogens with one attached hydrogen (secondary N) is 1. The minimum atomic E-state index is -0.0488. The van der Waals surface area contributed by atoms with Crippen molar-refractivity contribution in [2.75, 3.05) is 51.8 Å². The van der Waals surface area contributed by atoms with Gasteiger partial charge in [-0.3, -0.25) is 4.90 Å². The first-order chi connectivity index (χ1) is 16.0. The lowest BCUT2D eigenvalue weighted by atomic mass is 10.2. The van der Waals surface area contributed by atoms with E-state index in [1.807, 2.05) is 30.3 Å². The highest BCUT2D eigenvalue weighted by Crippen LogP contribution is 2.31. The van der Waals surface area contributed by atoms with Gasteiger partial charge in [-0.1, -0.05) is 29.8 Å². The van der Waals surface area contributed by atoms with Crippen LogP contribution < -0.4 is 10.1 Å². The number of methoxy groups -OCH3 is 1. The van der Waals surface area contributed by atoms with E-state index in [9.17, 15) is 0 Å². The van der Waals surface area contributed by atoms with E-state index in [4.69, 9.17) is 37.7 Å². The quantitative estimate of drug-likeness (QED) is 0.416. The molecule has 2 heterocycles. The second-order valence-electron chi connectivity index (χ2n) is 8.14. The number of para-hydroxylation sites is 1. The second-order valence-corrected chi connectivity index (χ2v) is 8.96. The van der Waals surface area contributed by atoms with Crippen LogP contribution in [0.15, 0.2) is 52.9 Å². The molecule has 1 aliphatic heterocycles. The Bertz CT molecular complexity index is 1050. The normalized spacial score (nSPS) is 15.4. The number of thiocarbonyl (C=S) groups is 1. The first-order valence-corrected chi connectivity index (χ1v) is 12.0. The number of morpholine rings is 1. The van der Waals surface area contributed by atoms with Crippen LogP contribution in [0.5, 0.6) is 5.75 Å². The number of fused-ring (bicyclic) bond motifs is 1. The number of ether oxygens (including phenoxy) is 2. The Morgan fingerprint density at radius 3 is 2.76 bits per heavy atom.